The normalized spacial score (nSPS) is 13.7. The molecule has 1 aromatic carbocycles. The van der Waals surface area contributed by atoms with Gasteiger partial charge in [0.05, 0.1) is 0 Å². The molecule has 2 N–H and O–H groups in total. The zero-order valence-electron chi connectivity index (χ0n) is 13.3. The van der Waals surface area contributed by atoms with E-state index < -0.39 is 0 Å². The average molecular weight is 312 g/mol. The van der Waals surface area contributed by atoms with Crippen LogP contribution in [0, 0.1) is 13.8 Å². The third-order valence-electron chi connectivity index (χ3n) is 3.91. The van der Waals surface area contributed by atoms with Crippen LogP contribution in [0.5, 0.6) is 0 Å². The number of nitrogens with one attached hydrogen (secondary N) is 2. The van der Waals surface area contributed by atoms with E-state index in [1.54, 1.807) is 24.3 Å². The molecule has 1 fully saturated rings. The number of carbonyl (C=O) groups excluding carboxylic acids is 2. The van der Waals surface area contributed by atoms with E-state index in [1.165, 1.54) is 0 Å². The lowest BCUT2D eigenvalue weighted by Crippen LogP contribution is -2.26. The Labute approximate surface area is 135 Å². The van der Waals surface area contributed by atoms with Crippen molar-refractivity contribution >= 4 is 11.8 Å². The van der Waals surface area contributed by atoms with Crippen molar-refractivity contribution in [2.75, 3.05) is 0 Å². The van der Waals surface area contributed by atoms with Gasteiger partial charge in [-0.2, -0.15) is 0 Å². The second kappa shape index (κ2) is 6.28. The molecule has 0 radical (unpaired) electrons. The highest BCUT2D eigenvalue weighted by molar-refractivity contribution is 5.98. The molecule has 1 saturated carbocycles. The number of carbonyl (C=O) groups is 2. The van der Waals surface area contributed by atoms with Gasteiger partial charge in [0.2, 0.25) is 0 Å². The quantitative estimate of drug-likeness (QED) is 0.891. The largest absolute Gasteiger partial charge is 0.466 e. The zero-order valence-corrected chi connectivity index (χ0v) is 13.3. The van der Waals surface area contributed by atoms with Crippen LogP contribution < -0.4 is 10.6 Å². The van der Waals surface area contributed by atoms with E-state index in [9.17, 15) is 9.59 Å². The summed E-state index contributed by atoms with van der Waals surface area (Å²) in [6.45, 7) is 4.18. The Morgan fingerprint density at radius 1 is 1.09 bits per heavy atom. The van der Waals surface area contributed by atoms with Crippen molar-refractivity contribution in [3.05, 3.63) is 58.5 Å². The Kier molecular flexibility index (Phi) is 4.19. The molecule has 5 nitrogen and oxygen atoms in total. The third kappa shape index (κ3) is 3.80. The summed E-state index contributed by atoms with van der Waals surface area (Å²) in [5.41, 5.74) is 2.08. The van der Waals surface area contributed by atoms with Gasteiger partial charge in [-0.3, -0.25) is 9.59 Å². The van der Waals surface area contributed by atoms with Crippen molar-refractivity contribution in [3.8, 4) is 0 Å². The van der Waals surface area contributed by atoms with Crippen molar-refractivity contribution < 1.29 is 14.0 Å². The zero-order chi connectivity index (χ0) is 16.4. The predicted octanol–water partition coefficient (Wildman–Crippen LogP) is 2.72. The summed E-state index contributed by atoms with van der Waals surface area (Å²) >= 11 is 0. The van der Waals surface area contributed by atoms with Crippen LogP contribution in [0.2, 0.25) is 0 Å². The van der Waals surface area contributed by atoms with Crippen molar-refractivity contribution in [1.82, 2.24) is 10.6 Å². The second-order valence-electron chi connectivity index (χ2n) is 5.95. The van der Waals surface area contributed by atoms with Crippen molar-refractivity contribution in [1.29, 1.82) is 0 Å². The summed E-state index contributed by atoms with van der Waals surface area (Å²) in [4.78, 5) is 24.1. The van der Waals surface area contributed by atoms with Crippen LogP contribution in [-0.2, 0) is 6.54 Å². The summed E-state index contributed by atoms with van der Waals surface area (Å²) < 4.78 is 5.44. The van der Waals surface area contributed by atoms with Gasteiger partial charge in [-0.15, -0.1) is 0 Å². The molecule has 1 aromatic heterocycles. The third-order valence-corrected chi connectivity index (χ3v) is 3.91. The van der Waals surface area contributed by atoms with Gasteiger partial charge in [-0.1, -0.05) is 0 Å². The first-order valence-corrected chi connectivity index (χ1v) is 7.78. The lowest BCUT2D eigenvalue weighted by atomic mass is 10.1. The van der Waals surface area contributed by atoms with E-state index in [2.05, 4.69) is 10.6 Å². The molecule has 0 spiro atoms. The number of amides is 2. The van der Waals surface area contributed by atoms with Gasteiger partial charge in [0, 0.05) is 29.3 Å². The molecule has 0 bridgehead atoms. The topological polar surface area (TPSA) is 71.3 Å². The average Bonchev–Trinajstić information content (AvgIpc) is 3.28. The lowest BCUT2D eigenvalue weighted by molar-refractivity contribution is 0.0939. The minimum Gasteiger partial charge on any atom is -0.466 e. The van der Waals surface area contributed by atoms with Crippen LogP contribution in [-0.4, -0.2) is 17.9 Å². The summed E-state index contributed by atoms with van der Waals surface area (Å²) in [5, 5.41) is 5.78. The van der Waals surface area contributed by atoms with E-state index in [4.69, 9.17) is 4.42 Å². The first-order chi connectivity index (χ1) is 11.0. The SMILES string of the molecule is Cc1cc(CNC(=O)c2ccc(C(=O)NC3CC3)cc2)c(C)o1. The van der Waals surface area contributed by atoms with E-state index in [-0.39, 0.29) is 11.8 Å². The van der Waals surface area contributed by atoms with E-state index in [0.29, 0.717) is 23.7 Å². The molecule has 1 heterocycles. The van der Waals surface area contributed by atoms with Gasteiger partial charge in [0.25, 0.3) is 11.8 Å². The molecule has 23 heavy (non-hydrogen) atoms. The van der Waals surface area contributed by atoms with Crippen LogP contribution in [0.15, 0.2) is 34.7 Å². The Balaban J connectivity index is 1.58. The summed E-state index contributed by atoms with van der Waals surface area (Å²) in [6, 6.07) is 8.95. The molecule has 1 aliphatic rings. The molecule has 0 atom stereocenters. The predicted molar refractivity (Wildman–Crippen MR) is 86.3 cm³/mol. The highest BCUT2D eigenvalue weighted by Crippen LogP contribution is 2.19. The standard InChI is InChI=1S/C18H20N2O3/c1-11-9-15(12(2)23-11)10-19-17(21)13-3-5-14(6-4-13)18(22)20-16-7-8-16/h3-6,9,16H,7-8,10H2,1-2H3,(H,19,21)(H,20,22). The van der Waals surface area contributed by atoms with Crippen molar-refractivity contribution in [3.63, 3.8) is 0 Å². The number of rotatable bonds is 5. The minimum atomic E-state index is -0.169. The monoisotopic (exact) mass is 312 g/mol. The summed E-state index contributed by atoms with van der Waals surface area (Å²) in [5.74, 6) is 1.40. The summed E-state index contributed by atoms with van der Waals surface area (Å²) in [6.07, 6.45) is 2.11. The molecule has 3 rings (SSSR count). The number of furan rings is 1. The van der Waals surface area contributed by atoms with Gasteiger partial charge in [-0.25, -0.2) is 0 Å². The first kappa shape index (κ1) is 15.3. The van der Waals surface area contributed by atoms with Gasteiger partial charge < -0.3 is 15.1 Å². The second-order valence-corrected chi connectivity index (χ2v) is 5.95. The fraction of sp³-hybridized carbons (Fsp3) is 0.333. The van der Waals surface area contributed by atoms with Gasteiger partial charge >= 0.3 is 0 Å². The van der Waals surface area contributed by atoms with Gasteiger partial charge in [0.1, 0.15) is 11.5 Å². The molecular formula is C18H20N2O3. The van der Waals surface area contributed by atoms with Crippen molar-refractivity contribution in [2.24, 2.45) is 0 Å². The molecule has 5 heteroatoms. The van der Waals surface area contributed by atoms with Crippen LogP contribution >= 0.6 is 0 Å². The van der Waals surface area contributed by atoms with E-state index in [1.807, 2.05) is 19.9 Å². The molecular weight excluding hydrogens is 292 g/mol. The van der Waals surface area contributed by atoms with Crippen LogP contribution in [0.3, 0.4) is 0 Å². The highest BCUT2D eigenvalue weighted by atomic mass is 16.3. The van der Waals surface area contributed by atoms with Gasteiger partial charge in [0.15, 0.2) is 0 Å². The molecule has 120 valence electrons. The number of benzene rings is 1. The number of hydrogen-bond donors (Lipinski definition) is 2. The number of hydrogen-bond acceptors (Lipinski definition) is 3. The minimum absolute atomic E-state index is 0.0797. The summed E-state index contributed by atoms with van der Waals surface area (Å²) in [7, 11) is 0. The first-order valence-electron chi connectivity index (χ1n) is 7.78. The smallest absolute Gasteiger partial charge is 0.251 e. The Morgan fingerprint density at radius 2 is 1.70 bits per heavy atom. The fourth-order valence-electron chi connectivity index (χ4n) is 2.41. The maximum absolute atomic E-state index is 12.2. The van der Waals surface area contributed by atoms with Crippen LogP contribution in [0.25, 0.3) is 0 Å². The maximum atomic E-state index is 12.2. The Morgan fingerprint density at radius 3 is 2.22 bits per heavy atom. The Hall–Kier alpha value is -2.56. The van der Waals surface area contributed by atoms with Gasteiger partial charge in [-0.05, 0) is 57.0 Å². The van der Waals surface area contributed by atoms with Crippen LogP contribution in [0.4, 0.5) is 0 Å². The fourth-order valence-corrected chi connectivity index (χ4v) is 2.41. The highest BCUT2D eigenvalue weighted by Gasteiger charge is 2.23. The Bertz CT molecular complexity index is 727. The van der Waals surface area contributed by atoms with Crippen LogP contribution in [0.1, 0.15) is 50.6 Å². The molecule has 2 amide bonds. The lowest BCUT2D eigenvalue weighted by Gasteiger charge is -2.06. The maximum Gasteiger partial charge on any atom is 0.251 e. The van der Waals surface area contributed by atoms with Crippen molar-refractivity contribution in [2.45, 2.75) is 39.3 Å². The number of aryl methyl sites for hydroxylation is 2. The molecule has 1 aliphatic carbocycles. The molecule has 0 aliphatic heterocycles. The molecule has 2 aromatic rings. The van der Waals surface area contributed by atoms with E-state index in [0.717, 1.165) is 29.9 Å². The molecule has 0 saturated heterocycles. The van der Waals surface area contributed by atoms with E-state index >= 15 is 0 Å². The molecule has 0 unspecified atom stereocenters.